The average molecular weight is 421 g/mol. The number of β-amino-alcohol motifs (C(OH)–C–C–N with tert-alkyl or cyclic N) is 1. The molecule has 0 aromatic carbocycles. The quantitative estimate of drug-likeness (QED) is 0.392. The second-order valence-corrected chi connectivity index (χ2v) is 9.54. The summed E-state index contributed by atoms with van der Waals surface area (Å²) < 4.78 is 4.50. The second kappa shape index (κ2) is 8.14. The molecule has 0 aliphatic carbocycles. The number of hydrogen-bond acceptors (Lipinski definition) is 6. The molecule has 7 nitrogen and oxygen atoms in total. The molecule has 1 unspecified atom stereocenters. The van der Waals surface area contributed by atoms with E-state index in [9.17, 15) is 19.5 Å². The third kappa shape index (κ3) is 3.20. The summed E-state index contributed by atoms with van der Waals surface area (Å²) in [6.45, 7) is 3.35. The molecule has 2 amide bonds. The van der Waals surface area contributed by atoms with Crippen LogP contribution in [0.4, 0.5) is 0 Å². The first-order chi connectivity index (χ1) is 14.0. The van der Waals surface area contributed by atoms with Crippen molar-refractivity contribution in [3.8, 4) is 0 Å². The number of aliphatic hydroxyl groups excluding tert-OH is 1. The summed E-state index contributed by atoms with van der Waals surface area (Å²) in [5, 5.41) is 9.38. The maximum absolute atomic E-state index is 13.6. The predicted octanol–water partition coefficient (Wildman–Crippen LogP) is 0.978. The van der Waals surface area contributed by atoms with Crippen LogP contribution in [-0.2, 0) is 19.1 Å². The Morgan fingerprint density at radius 2 is 2.03 bits per heavy atom. The number of rotatable bonds is 6. The lowest BCUT2D eigenvalue weighted by atomic mass is 9.78. The highest BCUT2D eigenvalue weighted by molar-refractivity contribution is 8.02. The van der Waals surface area contributed by atoms with Gasteiger partial charge in [-0.15, -0.1) is 11.8 Å². The van der Waals surface area contributed by atoms with E-state index in [-0.39, 0.29) is 42.8 Å². The predicted molar refractivity (Wildman–Crippen MR) is 109 cm³/mol. The van der Waals surface area contributed by atoms with Crippen LogP contribution in [0.25, 0.3) is 0 Å². The van der Waals surface area contributed by atoms with Gasteiger partial charge in [-0.25, -0.2) is 0 Å². The zero-order valence-corrected chi connectivity index (χ0v) is 17.5. The van der Waals surface area contributed by atoms with Crippen LogP contribution in [0.2, 0.25) is 0 Å². The third-order valence-electron chi connectivity index (χ3n) is 6.37. The summed E-state index contributed by atoms with van der Waals surface area (Å²) >= 11 is 1.53. The van der Waals surface area contributed by atoms with Crippen LogP contribution in [0.1, 0.15) is 26.2 Å². The number of nitrogens with zero attached hydrogens (tertiary/aromatic N) is 2. The molecule has 0 bridgehead atoms. The zero-order chi connectivity index (χ0) is 20.6. The van der Waals surface area contributed by atoms with E-state index in [4.69, 9.17) is 4.74 Å². The number of esters is 1. The lowest BCUT2D eigenvalue weighted by Gasteiger charge is -2.35. The number of amides is 2. The molecule has 2 saturated heterocycles. The summed E-state index contributed by atoms with van der Waals surface area (Å²) in [4.78, 5) is 43.1. The van der Waals surface area contributed by atoms with Gasteiger partial charge in [0.2, 0.25) is 11.8 Å². The normalized spacial score (nSPS) is 35.9. The van der Waals surface area contributed by atoms with E-state index < -0.39 is 22.6 Å². The van der Waals surface area contributed by atoms with E-state index in [2.05, 4.69) is 6.92 Å². The number of ether oxygens (including phenoxy) is 1. The van der Waals surface area contributed by atoms with Gasteiger partial charge in [-0.2, -0.15) is 0 Å². The van der Waals surface area contributed by atoms with Crippen molar-refractivity contribution < 1.29 is 24.2 Å². The number of thioether (sulfide) groups is 1. The molecule has 4 aliphatic rings. The van der Waals surface area contributed by atoms with Gasteiger partial charge in [-0.05, 0) is 6.42 Å². The highest BCUT2D eigenvalue weighted by atomic mass is 32.2. The highest BCUT2D eigenvalue weighted by Crippen LogP contribution is 2.60. The lowest BCUT2D eigenvalue weighted by molar-refractivity contribution is -0.151. The summed E-state index contributed by atoms with van der Waals surface area (Å²) in [7, 11) is 0. The van der Waals surface area contributed by atoms with Gasteiger partial charge in [-0.3, -0.25) is 14.4 Å². The molecule has 0 aromatic rings. The van der Waals surface area contributed by atoms with E-state index >= 15 is 0 Å². The molecular weight excluding hydrogens is 392 g/mol. The number of aliphatic hydroxyl groups is 1. The van der Waals surface area contributed by atoms with Crippen LogP contribution in [0.5, 0.6) is 0 Å². The molecule has 29 heavy (non-hydrogen) atoms. The average Bonchev–Trinajstić information content (AvgIpc) is 2.99. The number of carbonyl (C=O) groups is 3. The minimum Gasteiger partial charge on any atom is -0.461 e. The Bertz CT molecular complexity index is 753. The van der Waals surface area contributed by atoms with Crippen LogP contribution in [0.3, 0.4) is 0 Å². The number of likely N-dealkylation sites (tertiary alicyclic amines) is 1. The van der Waals surface area contributed by atoms with E-state index in [1.54, 1.807) is 0 Å². The molecule has 0 radical (unpaired) electrons. The molecule has 4 heterocycles. The van der Waals surface area contributed by atoms with Gasteiger partial charge in [0.15, 0.2) is 0 Å². The van der Waals surface area contributed by atoms with Crippen LogP contribution >= 0.6 is 11.8 Å². The standard InChI is InChI=1S/C21H28N2O5S/c1-2-3-4-9-22-10-6-8-21-16(15-14(29-21)7-5-13-28-20(15)27)18(25)23(11-12-24)17(21)19(22)26/h5-8,14-17,24H,2-4,9-13H2,1H3/t14-,15+,16+,17?,21+/m1/s1. The highest BCUT2D eigenvalue weighted by Gasteiger charge is 2.70. The monoisotopic (exact) mass is 420 g/mol. The summed E-state index contributed by atoms with van der Waals surface area (Å²) in [6.07, 6.45) is 10.7. The topological polar surface area (TPSA) is 87.2 Å². The van der Waals surface area contributed by atoms with Gasteiger partial charge in [0.25, 0.3) is 0 Å². The Kier molecular flexibility index (Phi) is 5.75. The molecule has 5 atom stereocenters. The van der Waals surface area contributed by atoms with Crippen molar-refractivity contribution in [2.75, 3.05) is 32.8 Å². The van der Waals surface area contributed by atoms with Crippen molar-refractivity contribution in [1.29, 1.82) is 0 Å². The first kappa shape index (κ1) is 20.5. The maximum atomic E-state index is 13.6. The molecule has 1 N–H and O–H groups in total. The van der Waals surface area contributed by atoms with Gasteiger partial charge in [0.1, 0.15) is 12.6 Å². The molecule has 4 rings (SSSR count). The molecular formula is C21H28N2O5S. The van der Waals surface area contributed by atoms with Crippen molar-refractivity contribution in [3.63, 3.8) is 0 Å². The van der Waals surface area contributed by atoms with E-state index in [1.807, 2.05) is 29.2 Å². The Morgan fingerprint density at radius 3 is 2.79 bits per heavy atom. The largest absolute Gasteiger partial charge is 0.461 e. The Hall–Kier alpha value is -1.80. The van der Waals surface area contributed by atoms with E-state index in [0.717, 1.165) is 19.3 Å². The molecule has 4 aliphatic heterocycles. The molecule has 2 fully saturated rings. The van der Waals surface area contributed by atoms with Crippen molar-refractivity contribution >= 4 is 29.5 Å². The number of cyclic esters (lactones) is 1. The second-order valence-electron chi connectivity index (χ2n) is 8.05. The van der Waals surface area contributed by atoms with Crippen molar-refractivity contribution in [2.45, 2.75) is 42.2 Å². The third-order valence-corrected chi connectivity index (χ3v) is 8.11. The zero-order valence-electron chi connectivity index (χ0n) is 16.7. The van der Waals surface area contributed by atoms with E-state index in [1.165, 1.54) is 16.7 Å². The minimum atomic E-state index is -0.807. The Morgan fingerprint density at radius 1 is 1.21 bits per heavy atom. The van der Waals surface area contributed by atoms with Gasteiger partial charge < -0.3 is 19.6 Å². The van der Waals surface area contributed by atoms with Gasteiger partial charge in [-0.1, -0.05) is 44.1 Å². The molecule has 8 heteroatoms. The van der Waals surface area contributed by atoms with Gasteiger partial charge in [0, 0.05) is 24.9 Å². The molecule has 0 saturated carbocycles. The van der Waals surface area contributed by atoms with Crippen LogP contribution in [0.15, 0.2) is 24.3 Å². The fraction of sp³-hybridized carbons (Fsp3) is 0.667. The first-order valence-electron chi connectivity index (χ1n) is 10.4. The van der Waals surface area contributed by atoms with Crippen LogP contribution in [-0.4, -0.2) is 81.6 Å². The minimum absolute atomic E-state index is 0.0864. The van der Waals surface area contributed by atoms with Crippen LogP contribution in [0, 0.1) is 11.8 Å². The smallest absolute Gasteiger partial charge is 0.311 e. The Labute approximate surface area is 175 Å². The fourth-order valence-electron chi connectivity index (χ4n) is 5.12. The maximum Gasteiger partial charge on any atom is 0.311 e. The molecule has 0 aromatic heterocycles. The first-order valence-corrected chi connectivity index (χ1v) is 11.3. The summed E-state index contributed by atoms with van der Waals surface area (Å²) in [5.74, 6) is -1.96. The molecule has 1 spiro atoms. The van der Waals surface area contributed by atoms with Gasteiger partial charge in [0.05, 0.1) is 23.2 Å². The van der Waals surface area contributed by atoms with Gasteiger partial charge >= 0.3 is 5.97 Å². The van der Waals surface area contributed by atoms with Crippen molar-refractivity contribution in [2.24, 2.45) is 11.8 Å². The van der Waals surface area contributed by atoms with Crippen molar-refractivity contribution in [1.82, 2.24) is 9.80 Å². The number of fused-ring (bicyclic) bond motifs is 2. The fourth-order valence-corrected chi connectivity index (χ4v) is 7.12. The SMILES string of the molecule is CCCCCN1CC=C[C@]23S[C@@H]4C=CCOC(=O)[C@@H]4[C@H]2C(=O)N(CCO)C3C1=O. The number of hydrogen-bond donors (Lipinski definition) is 1. The van der Waals surface area contributed by atoms with Crippen LogP contribution < -0.4 is 0 Å². The van der Waals surface area contributed by atoms with Crippen molar-refractivity contribution in [3.05, 3.63) is 24.3 Å². The number of carbonyl (C=O) groups excluding carboxylic acids is 3. The number of unbranched alkanes of at least 4 members (excludes halogenated alkanes) is 2. The lowest BCUT2D eigenvalue weighted by Crippen LogP contribution is -2.53. The van der Waals surface area contributed by atoms with E-state index in [0.29, 0.717) is 13.1 Å². The summed E-state index contributed by atoms with van der Waals surface area (Å²) in [6, 6.07) is -0.703. The Balaban J connectivity index is 1.73. The summed E-state index contributed by atoms with van der Waals surface area (Å²) in [5.41, 5.74) is 0. The molecule has 158 valence electrons.